The molecule has 1 unspecified atom stereocenters. The van der Waals surface area contributed by atoms with E-state index in [1.807, 2.05) is 12.1 Å². The van der Waals surface area contributed by atoms with Gasteiger partial charge in [-0.25, -0.2) is 4.39 Å². The second-order valence-electron chi connectivity index (χ2n) is 4.86. The van der Waals surface area contributed by atoms with E-state index in [4.69, 9.17) is 5.73 Å². The minimum absolute atomic E-state index is 0.202. The molecule has 2 heteroatoms. The molecule has 2 N–H and O–H groups in total. The maximum atomic E-state index is 12.9. The van der Waals surface area contributed by atoms with Gasteiger partial charge in [0, 0.05) is 5.92 Å². The van der Waals surface area contributed by atoms with Crippen LogP contribution in [0.15, 0.2) is 48.5 Å². The van der Waals surface area contributed by atoms with Crippen LogP contribution in [0.2, 0.25) is 0 Å². The Bertz CT molecular complexity index is 502. The highest BCUT2D eigenvalue weighted by Crippen LogP contribution is 2.20. The first-order valence-electron chi connectivity index (χ1n) is 6.76. The standard InChI is InChI=1S/C17H20FN/c1-2-13-3-5-14(6-4-13)11-16(12-19)15-7-9-17(18)10-8-15/h3-10,16H,2,11-12,19H2,1H3. The van der Waals surface area contributed by atoms with Crippen molar-refractivity contribution in [1.29, 1.82) is 0 Å². The van der Waals surface area contributed by atoms with Crippen molar-refractivity contribution in [1.82, 2.24) is 0 Å². The Morgan fingerprint density at radius 1 is 0.947 bits per heavy atom. The Morgan fingerprint density at radius 2 is 1.53 bits per heavy atom. The van der Waals surface area contributed by atoms with Crippen LogP contribution in [0.25, 0.3) is 0 Å². The second-order valence-corrected chi connectivity index (χ2v) is 4.86. The molecule has 2 aromatic rings. The van der Waals surface area contributed by atoms with Gasteiger partial charge >= 0.3 is 0 Å². The predicted octanol–water partition coefficient (Wildman–Crippen LogP) is 3.67. The van der Waals surface area contributed by atoms with Crippen molar-refractivity contribution in [3.8, 4) is 0 Å². The molecule has 0 aliphatic heterocycles. The van der Waals surface area contributed by atoms with Crippen molar-refractivity contribution in [2.45, 2.75) is 25.7 Å². The SMILES string of the molecule is CCc1ccc(CC(CN)c2ccc(F)cc2)cc1. The number of rotatable bonds is 5. The van der Waals surface area contributed by atoms with Gasteiger partial charge in [0.15, 0.2) is 0 Å². The number of benzene rings is 2. The van der Waals surface area contributed by atoms with Crippen molar-refractivity contribution in [3.05, 3.63) is 71.0 Å². The number of hydrogen-bond donors (Lipinski definition) is 1. The van der Waals surface area contributed by atoms with Gasteiger partial charge in [0.1, 0.15) is 5.82 Å². The lowest BCUT2D eigenvalue weighted by Gasteiger charge is -2.15. The van der Waals surface area contributed by atoms with E-state index in [0.29, 0.717) is 6.54 Å². The van der Waals surface area contributed by atoms with Gasteiger partial charge in [-0.15, -0.1) is 0 Å². The predicted molar refractivity (Wildman–Crippen MR) is 77.7 cm³/mol. The van der Waals surface area contributed by atoms with Crippen LogP contribution in [-0.2, 0) is 12.8 Å². The summed E-state index contributed by atoms with van der Waals surface area (Å²) in [7, 11) is 0. The van der Waals surface area contributed by atoms with E-state index in [0.717, 1.165) is 18.4 Å². The van der Waals surface area contributed by atoms with Crippen LogP contribution >= 0.6 is 0 Å². The van der Waals surface area contributed by atoms with Gasteiger partial charge in [0.2, 0.25) is 0 Å². The highest BCUT2D eigenvalue weighted by Gasteiger charge is 2.10. The summed E-state index contributed by atoms with van der Waals surface area (Å²) >= 11 is 0. The topological polar surface area (TPSA) is 26.0 Å². The maximum absolute atomic E-state index is 12.9. The van der Waals surface area contributed by atoms with Gasteiger partial charge in [0.25, 0.3) is 0 Å². The van der Waals surface area contributed by atoms with Gasteiger partial charge in [-0.2, -0.15) is 0 Å². The largest absolute Gasteiger partial charge is 0.330 e. The monoisotopic (exact) mass is 257 g/mol. The molecule has 0 amide bonds. The van der Waals surface area contributed by atoms with E-state index in [2.05, 4.69) is 31.2 Å². The molecule has 0 saturated carbocycles. The van der Waals surface area contributed by atoms with E-state index in [1.165, 1.54) is 23.3 Å². The summed E-state index contributed by atoms with van der Waals surface area (Å²) in [6.45, 7) is 2.72. The molecule has 0 saturated heterocycles. The molecule has 0 aliphatic carbocycles. The number of nitrogens with two attached hydrogens (primary N) is 1. The Hall–Kier alpha value is -1.67. The van der Waals surface area contributed by atoms with Crippen LogP contribution < -0.4 is 5.73 Å². The van der Waals surface area contributed by atoms with Crippen LogP contribution in [0.5, 0.6) is 0 Å². The first kappa shape index (κ1) is 13.8. The van der Waals surface area contributed by atoms with Crippen LogP contribution in [-0.4, -0.2) is 6.54 Å². The van der Waals surface area contributed by atoms with Gasteiger partial charge in [-0.05, 0) is 48.2 Å². The lowest BCUT2D eigenvalue weighted by molar-refractivity contribution is 0.623. The molecule has 0 fully saturated rings. The van der Waals surface area contributed by atoms with E-state index in [9.17, 15) is 4.39 Å². The molecule has 0 bridgehead atoms. The quantitative estimate of drug-likeness (QED) is 0.869. The summed E-state index contributed by atoms with van der Waals surface area (Å²) in [6, 6.07) is 15.3. The maximum Gasteiger partial charge on any atom is 0.123 e. The van der Waals surface area contributed by atoms with E-state index < -0.39 is 0 Å². The number of aryl methyl sites for hydroxylation is 1. The van der Waals surface area contributed by atoms with Crippen molar-refractivity contribution < 1.29 is 4.39 Å². The summed E-state index contributed by atoms with van der Waals surface area (Å²) in [5.74, 6) is 0.0416. The van der Waals surface area contributed by atoms with E-state index >= 15 is 0 Å². The highest BCUT2D eigenvalue weighted by atomic mass is 19.1. The zero-order chi connectivity index (χ0) is 13.7. The fraction of sp³-hybridized carbons (Fsp3) is 0.294. The summed E-state index contributed by atoms with van der Waals surface area (Å²) < 4.78 is 12.9. The zero-order valence-electron chi connectivity index (χ0n) is 11.3. The smallest absolute Gasteiger partial charge is 0.123 e. The molecular weight excluding hydrogens is 237 g/mol. The third-order valence-electron chi connectivity index (χ3n) is 3.54. The fourth-order valence-corrected chi connectivity index (χ4v) is 2.27. The fourth-order valence-electron chi connectivity index (χ4n) is 2.27. The lowest BCUT2D eigenvalue weighted by Crippen LogP contribution is -2.15. The number of hydrogen-bond acceptors (Lipinski definition) is 1. The Labute approximate surface area is 114 Å². The van der Waals surface area contributed by atoms with Crippen LogP contribution in [0, 0.1) is 5.82 Å². The zero-order valence-corrected chi connectivity index (χ0v) is 11.3. The van der Waals surface area contributed by atoms with Crippen molar-refractivity contribution in [2.24, 2.45) is 5.73 Å². The molecule has 0 aromatic heterocycles. The molecule has 2 aromatic carbocycles. The Morgan fingerprint density at radius 3 is 2.05 bits per heavy atom. The molecule has 0 radical (unpaired) electrons. The molecule has 1 nitrogen and oxygen atoms in total. The average Bonchev–Trinajstić information content (AvgIpc) is 2.46. The van der Waals surface area contributed by atoms with Gasteiger partial charge in [-0.3, -0.25) is 0 Å². The highest BCUT2D eigenvalue weighted by molar-refractivity contribution is 5.27. The van der Waals surface area contributed by atoms with Gasteiger partial charge in [-0.1, -0.05) is 43.3 Å². The Kier molecular flexibility index (Phi) is 4.69. The summed E-state index contributed by atoms with van der Waals surface area (Å²) in [6.07, 6.45) is 1.95. The summed E-state index contributed by atoms with van der Waals surface area (Å²) in [5.41, 5.74) is 9.57. The second kappa shape index (κ2) is 6.48. The van der Waals surface area contributed by atoms with Crippen molar-refractivity contribution in [3.63, 3.8) is 0 Å². The Balaban J connectivity index is 2.11. The van der Waals surface area contributed by atoms with Gasteiger partial charge < -0.3 is 5.73 Å². The average molecular weight is 257 g/mol. The molecule has 0 aliphatic rings. The molecule has 0 heterocycles. The first-order valence-corrected chi connectivity index (χ1v) is 6.76. The van der Waals surface area contributed by atoms with E-state index in [1.54, 1.807) is 0 Å². The minimum atomic E-state index is -0.202. The normalized spacial score (nSPS) is 12.4. The van der Waals surface area contributed by atoms with Crippen molar-refractivity contribution >= 4 is 0 Å². The van der Waals surface area contributed by atoms with E-state index in [-0.39, 0.29) is 11.7 Å². The third-order valence-corrected chi connectivity index (χ3v) is 3.54. The number of halogens is 1. The molecule has 19 heavy (non-hydrogen) atoms. The van der Waals surface area contributed by atoms with Gasteiger partial charge in [0.05, 0.1) is 0 Å². The third kappa shape index (κ3) is 3.65. The van der Waals surface area contributed by atoms with Crippen molar-refractivity contribution in [2.75, 3.05) is 6.54 Å². The molecule has 100 valence electrons. The van der Waals surface area contributed by atoms with Crippen LogP contribution in [0.4, 0.5) is 4.39 Å². The summed E-state index contributed by atoms with van der Waals surface area (Å²) in [4.78, 5) is 0. The minimum Gasteiger partial charge on any atom is -0.330 e. The lowest BCUT2D eigenvalue weighted by atomic mass is 9.91. The summed E-state index contributed by atoms with van der Waals surface area (Å²) in [5, 5.41) is 0. The molecule has 2 rings (SSSR count). The van der Waals surface area contributed by atoms with Crippen LogP contribution in [0.1, 0.15) is 29.5 Å². The molecule has 1 atom stereocenters. The van der Waals surface area contributed by atoms with Crippen LogP contribution in [0.3, 0.4) is 0 Å². The first-order chi connectivity index (χ1) is 9.22. The molecular formula is C17H20FN. The molecule has 0 spiro atoms.